The summed E-state index contributed by atoms with van der Waals surface area (Å²) < 4.78 is 37.3. The minimum atomic E-state index is -3.57. The molecule has 1 heterocycles. The number of hydrogen-bond acceptors (Lipinski definition) is 5. The topological polar surface area (TPSA) is 84.9 Å². The highest BCUT2D eigenvalue weighted by Gasteiger charge is 2.32. The van der Waals surface area contributed by atoms with Gasteiger partial charge in [-0.25, -0.2) is 8.42 Å². The molecular weight excluding hydrogens is 380 g/mol. The summed E-state index contributed by atoms with van der Waals surface area (Å²) in [5, 5.41) is 2.88. The molecular formula is C20H24N2O5S. The van der Waals surface area contributed by atoms with E-state index in [1.54, 1.807) is 43.5 Å². The normalized spacial score (nSPS) is 15.8. The van der Waals surface area contributed by atoms with Crippen molar-refractivity contribution in [2.24, 2.45) is 5.92 Å². The first-order chi connectivity index (χ1) is 13.4. The second-order valence-corrected chi connectivity index (χ2v) is 8.51. The van der Waals surface area contributed by atoms with E-state index in [1.165, 1.54) is 23.5 Å². The van der Waals surface area contributed by atoms with Gasteiger partial charge in [0.15, 0.2) is 0 Å². The minimum absolute atomic E-state index is 0.102. The third-order valence-corrected chi connectivity index (χ3v) is 6.77. The van der Waals surface area contributed by atoms with Gasteiger partial charge in [-0.2, -0.15) is 4.31 Å². The van der Waals surface area contributed by atoms with Crippen LogP contribution in [0.25, 0.3) is 0 Å². The van der Waals surface area contributed by atoms with E-state index in [9.17, 15) is 13.2 Å². The Kier molecular flexibility index (Phi) is 6.21. The monoisotopic (exact) mass is 404 g/mol. The number of nitrogens with one attached hydrogen (secondary N) is 1. The molecule has 8 heteroatoms. The van der Waals surface area contributed by atoms with Gasteiger partial charge in [-0.05, 0) is 49.2 Å². The van der Waals surface area contributed by atoms with E-state index in [2.05, 4.69) is 5.32 Å². The summed E-state index contributed by atoms with van der Waals surface area (Å²) in [7, 11) is -0.473. The summed E-state index contributed by atoms with van der Waals surface area (Å²) in [6.07, 6.45) is 0.955. The number of amides is 1. The maximum atomic E-state index is 12.8. The van der Waals surface area contributed by atoms with Crippen molar-refractivity contribution in [2.45, 2.75) is 17.7 Å². The van der Waals surface area contributed by atoms with Crippen molar-refractivity contribution < 1.29 is 22.7 Å². The highest BCUT2D eigenvalue weighted by molar-refractivity contribution is 7.89. The van der Waals surface area contributed by atoms with Gasteiger partial charge < -0.3 is 14.8 Å². The number of rotatable bonds is 6. The Morgan fingerprint density at radius 2 is 1.64 bits per heavy atom. The minimum Gasteiger partial charge on any atom is -0.497 e. The SMILES string of the molecule is COc1ccc(S(=O)(=O)N2CCC(C(=O)Nc3cccc(OC)c3)CC2)cc1. The largest absolute Gasteiger partial charge is 0.497 e. The molecule has 1 amide bonds. The molecule has 0 aromatic heterocycles. The Balaban J connectivity index is 1.60. The van der Waals surface area contributed by atoms with Gasteiger partial charge in [0.1, 0.15) is 11.5 Å². The van der Waals surface area contributed by atoms with Crippen molar-refractivity contribution >= 4 is 21.6 Å². The number of ether oxygens (including phenoxy) is 2. The summed E-state index contributed by atoms with van der Waals surface area (Å²) >= 11 is 0. The van der Waals surface area contributed by atoms with Gasteiger partial charge in [-0.3, -0.25) is 4.79 Å². The lowest BCUT2D eigenvalue weighted by Gasteiger charge is -2.30. The molecule has 1 saturated heterocycles. The van der Waals surface area contributed by atoms with Crippen LogP contribution in [0, 0.1) is 5.92 Å². The first-order valence-corrected chi connectivity index (χ1v) is 10.5. The van der Waals surface area contributed by atoms with Gasteiger partial charge in [-0.15, -0.1) is 0 Å². The standard InChI is InChI=1S/C20H24N2O5S/c1-26-17-6-8-19(9-7-17)28(24,25)22-12-10-15(11-13-22)20(23)21-16-4-3-5-18(14-16)27-2/h3-9,14-15H,10-13H2,1-2H3,(H,21,23). The lowest BCUT2D eigenvalue weighted by molar-refractivity contribution is -0.120. The molecule has 1 aliphatic heterocycles. The lowest BCUT2D eigenvalue weighted by atomic mass is 9.97. The van der Waals surface area contributed by atoms with Crippen LogP contribution in [0.2, 0.25) is 0 Å². The second kappa shape index (κ2) is 8.62. The van der Waals surface area contributed by atoms with Crippen LogP contribution in [0.15, 0.2) is 53.4 Å². The van der Waals surface area contributed by atoms with E-state index >= 15 is 0 Å². The van der Waals surface area contributed by atoms with Crippen LogP contribution in [0.5, 0.6) is 11.5 Å². The number of piperidine rings is 1. The zero-order chi connectivity index (χ0) is 20.1. The van der Waals surface area contributed by atoms with E-state index in [4.69, 9.17) is 9.47 Å². The molecule has 7 nitrogen and oxygen atoms in total. The average Bonchev–Trinajstić information content (AvgIpc) is 2.74. The van der Waals surface area contributed by atoms with Gasteiger partial charge in [0.2, 0.25) is 15.9 Å². The first-order valence-electron chi connectivity index (χ1n) is 9.03. The molecule has 2 aromatic carbocycles. The number of sulfonamides is 1. The average molecular weight is 404 g/mol. The van der Waals surface area contributed by atoms with Crippen LogP contribution in [-0.4, -0.2) is 45.9 Å². The Hall–Kier alpha value is -2.58. The quantitative estimate of drug-likeness (QED) is 0.800. The van der Waals surface area contributed by atoms with Crippen LogP contribution in [0.3, 0.4) is 0 Å². The highest BCUT2D eigenvalue weighted by atomic mass is 32.2. The fourth-order valence-corrected chi connectivity index (χ4v) is 4.67. The Morgan fingerprint density at radius 3 is 2.25 bits per heavy atom. The predicted octanol–water partition coefficient (Wildman–Crippen LogP) is 2.74. The van der Waals surface area contributed by atoms with E-state index < -0.39 is 10.0 Å². The van der Waals surface area contributed by atoms with Crippen LogP contribution in [0.1, 0.15) is 12.8 Å². The molecule has 3 rings (SSSR count). The summed E-state index contributed by atoms with van der Waals surface area (Å²) in [5.41, 5.74) is 0.664. The Labute approximate surface area is 165 Å². The molecule has 0 unspecified atom stereocenters. The van der Waals surface area contributed by atoms with Crippen molar-refractivity contribution in [1.82, 2.24) is 4.31 Å². The van der Waals surface area contributed by atoms with Crippen LogP contribution in [0.4, 0.5) is 5.69 Å². The number of nitrogens with zero attached hydrogens (tertiary/aromatic N) is 1. The number of carbonyl (C=O) groups excluding carboxylic acids is 1. The molecule has 28 heavy (non-hydrogen) atoms. The number of methoxy groups -OCH3 is 2. The molecule has 150 valence electrons. The fourth-order valence-electron chi connectivity index (χ4n) is 3.20. The van der Waals surface area contributed by atoms with Crippen LogP contribution >= 0.6 is 0 Å². The van der Waals surface area contributed by atoms with Crippen LogP contribution < -0.4 is 14.8 Å². The van der Waals surface area contributed by atoms with E-state index in [-0.39, 0.29) is 16.7 Å². The van der Waals surface area contributed by atoms with Crippen LogP contribution in [-0.2, 0) is 14.8 Å². The van der Waals surface area contributed by atoms with Crippen molar-refractivity contribution in [3.63, 3.8) is 0 Å². The third kappa shape index (κ3) is 4.45. The molecule has 1 N–H and O–H groups in total. The third-order valence-electron chi connectivity index (χ3n) is 4.86. The number of carbonyl (C=O) groups is 1. The zero-order valence-electron chi connectivity index (χ0n) is 15.9. The van der Waals surface area contributed by atoms with Gasteiger partial charge >= 0.3 is 0 Å². The maximum absolute atomic E-state index is 12.8. The van der Waals surface area contributed by atoms with Gasteiger partial charge in [0.25, 0.3) is 0 Å². The molecule has 1 fully saturated rings. The second-order valence-electron chi connectivity index (χ2n) is 6.58. The summed E-state index contributed by atoms with van der Waals surface area (Å²) in [6, 6.07) is 13.5. The number of hydrogen-bond donors (Lipinski definition) is 1. The van der Waals surface area contributed by atoms with Crippen molar-refractivity contribution in [1.29, 1.82) is 0 Å². The van der Waals surface area contributed by atoms with E-state index in [0.29, 0.717) is 43.1 Å². The Morgan fingerprint density at radius 1 is 1.00 bits per heavy atom. The molecule has 1 aliphatic rings. The number of benzene rings is 2. The van der Waals surface area contributed by atoms with Crippen molar-refractivity contribution in [3.8, 4) is 11.5 Å². The van der Waals surface area contributed by atoms with Gasteiger partial charge in [0.05, 0.1) is 19.1 Å². The van der Waals surface area contributed by atoms with Gasteiger partial charge in [-0.1, -0.05) is 6.07 Å². The molecule has 0 spiro atoms. The molecule has 2 aromatic rings. The molecule has 0 bridgehead atoms. The Bertz CT molecular complexity index is 920. The van der Waals surface area contributed by atoms with Crippen molar-refractivity contribution in [2.75, 3.05) is 32.6 Å². The molecule has 0 aliphatic carbocycles. The lowest BCUT2D eigenvalue weighted by Crippen LogP contribution is -2.41. The summed E-state index contributed by atoms with van der Waals surface area (Å²) in [4.78, 5) is 12.8. The molecule has 0 radical (unpaired) electrons. The maximum Gasteiger partial charge on any atom is 0.243 e. The highest BCUT2D eigenvalue weighted by Crippen LogP contribution is 2.26. The zero-order valence-corrected chi connectivity index (χ0v) is 16.7. The van der Waals surface area contributed by atoms with Crippen molar-refractivity contribution in [3.05, 3.63) is 48.5 Å². The van der Waals surface area contributed by atoms with Gasteiger partial charge in [0, 0.05) is 30.8 Å². The summed E-state index contributed by atoms with van der Waals surface area (Å²) in [6.45, 7) is 0.620. The van der Waals surface area contributed by atoms with E-state index in [0.717, 1.165) is 0 Å². The predicted molar refractivity (Wildman–Crippen MR) is 106 cm³/mol. The molecule has 0 saturated carbocycles. The smallest absolute Gasteiger partial charge is 0.243 e. The fraction of sp³-hybridized carbons (Fsp3) is 0.350. The summed E-state index contributed by atoms with van der Waals surface area (Å²) in [5.74, 6) is 0.938. The number of anilines is 1. The molecule has 0 atom stereocenters. The first kappa shape index (κ1) is 20.2. The van der Waals surface area contributed by atoms with E-state index in [1.807, 2.05) is 0 Å².